The molecule has 0 aliphatic heterocycles. The van der Waals surface area contributed by atoms with Crippen LogP contribution < -0.4 is 4.74 Å². The van der Waals surface area contributed by atoms with E-state index in [2.05, 4.69) is 0 Å². The smallest absolute Gasteiger partial charge is 0.311 e. The maximum absolute atomic E-state index is 13.5. The van der Waals surface area contributed by atoms with Crippen LogP contribution in [0, 0.1) is 22.0 Å². The molecule has 0 saturated carbocycles. The van der Waals surface area contributed by atoms with Gasteiger partial charge in [-0.15, -0.1) is 0 Å². The number of nitro groups is 1. The van der Waals surface area contributed by atoms with Crippen molar-refractivity contribution in [1.82, 2.24) is 0 Å². The summed E-state index contributed by atoms with van der Waals surface area (Å²) in [7, 11) is 0. The first kappa shape index (κ1) is 24.1. The van der Waals surface area contributed by atoms with Crippen LogP contribution in [-0.2, 0) is 0 Å². The second-order valence-corrected chi connectivity index (χ2v) is 9.43. The molecule has 0 spiro atoms. The Kier molecular flexibility index (Phi) is 5.72. The highest BCUT2D eigenvalue weighted by molar-refractivity contribution is 6.30. The molecule has 0 heterocycles. The zero-order valence-corrected chi connectivity index (χ0v) is 20.3. The highest BCUT2D eigenvalue weighted by Crippen LogP contribution is 2.46. The SMILES string of the molecule is O=C1c2ccccc2C(=O)C1C(c1ccc(Oc2ccccc2[N+](=O)[O-])cc1)C1C(=O)c2ccccc2C1=O. The summed E-state index contributed by atoms with van der Waals surface area (Å²) in [6.45, 7) is 0. The molecule has 0 bridgehead atoms. The average molecular weight is 517 g/mol. The Morgan fingerprint density at radius 3 is 1.44 bits per heavy atom. The maximum Gasteiger partial charge on any atom is 0.311 e. The van der Waals surface area contributed by atoms with Crippen LogP contribution in [0.5, 0.6) is 11.5 Å². The van der Waals surface area contributed by atoms with Crippen molar-refractivity contribution in [2.24, 2.45) is 11.8 Å². The number of ether oxygens (including phenoxy) is 1. The molecule has 4 aromatic carbocycles. The molecule has 0 saturated heterocycles. The molecule has 0 atom stereocenters. The molecule has 0 unspecified atom stereocenters. The standard InChI is InChI=1S/C31H19NO7/c33-28-19-7-1-2-8-20(19)29(34)26(28)25(27-30(35)21-9-3-4-10-22(21)31(27)36)17-13-15-18(16-14-17)39-24-12-6-5-11-23(24)32(37)38/h1-16,25-27H. The fourth-order valence-electron chi connectivity index (χ4n) is 5.54. The molecule has 2 aliphatic carbocycles. The minimum absolute atomic E-state index is 0.0417. The number of nitrogens with zero attached hydrogens (tertiary/aromatic N) is 1. The van der Waals surface area contributed by atoms with Gasteiger partial charge in [0, 0.05) is 34.2 Å². The van der Waals surface area contributed by atoms with Gasteiger partial charge in [-0.3, -0.25) is 29.3 Å². The van der Waals surface area contributed by atoms with Gasteiger partial charge in [0.15, 0.2) is 23.1 Å². The van der Waals surface area contributed by atoms with Crippen molar-refractivity contribution in [2.45, 2.75) is 5.92 Å². The molecule has 0 amide bonds. The van der Waals surface area contributed by atoms with Crippen LogP contribution in [0.2, 0.25) is 0 Å². The van der Waals surface area contributed by atoms with E-state index in [1.54, 1.807) is 66.7 Å². The molecule has 0 N–H and O–H groups in total. The summed E-state index contributed by atoms with van der Waals surface area (Å²) >= 11 is 0. The lowest BCUT2D eigenvalue weighted by molar-refractivity contribution is -0.385. The van der Waals surface area contributed by atoms with E-state index in [0.29, 0.717) is 5.56 Å². The van der Waals surface area contributed by atoms with E-state index in [1.165, 1.54) is 30.3 Å². The summed E-state index contributed by atoms with van der Waals surface area (Å²) in [5.74, 6) is -4.98. The fourth-order valence-corrected chi connectivity index (χ4v) is 5.54. The zero-order valence-electron chi connectivity index (χ0n) is 20.3. The van der Waals surface area contributed by atoms with Gasteiger partial charge in [-0.25, -0.2) is 0 Å². The Bertz CT molecular complexity index is 1560. The lowest BCUT2D eigenvalue weighted by atomic mass is 9.72. The van der Waals surface area contributed by atoms with Crippen molar-refractivity contribution >= 4 is 28.8 Å². The first-order valence-electron chi connectivity index (χ1n) is 12.2. The number of nitro benzene ring substituents is 1. The summed E-state index contributed by atoms with van der Waals surface area (Å²) in [5, 5.41) is 11.4. The molecule has 190 valence electrons. The molecule has 0 fully saturated rings. The minimum Gasteiger partial charge on any atom is -0.450 e. The summed E-state index contributed by atoms with van der Waals surface area (Å²) in [5.41, 5.74) is 1.30. The number of benzene rings is 4. The molecule has 0 radical (unpaired) electrons. The molecule has 8 nitrogen and oxygen atoms in total. The molecular formula is C31H19NO7. The predicted octanol–water partition coefficient (Wildman–Crippen LogP) is 5.86. The fraction of sp³-hybridized carbons (Fsp3) is 0.0968. The second kappa shape index (κ2) is 9.25. The number of para-hydroxylation sites is 2. The van der Waals surface area contributed by atoms with Gasteiger partial charge in [0.1, 0.15) is 5.75 Å². The van der Waals surface area contributed by atoms with E-state index >= 15 is 0 Å². The summed E-state index contributed by atoms with van der Waals surface area (Å²) in [4.78, 5) is 65.0. The van der Waals surface area contributed by atoms with E-state index < -0.39 is 45.8 Å². The third-order valence-corrected chi connectivity index (χ3v) is 7.32. The molecule has 2 aliphatic rings. The van der Waals surface area contributed by atoms with Crippen molar-refractivity contribution in [1.29, 1.82) is 0 Å². The van der Waals surface area contributed by atoms with Gasteiger partial charge in [0.05, 0.1) is 16.8 Å². The Hall–Kier alpha value is -5.24. The molecule has 4 aromatic rings. The lowest BCUT2D eigenvalue weighted by Crippen LogP contribution is -2.34. The van der Waals surface area contributed by atoms with Crippen molar-refractivity contribution in [3.8, 4) is 11.5 Å². The van der Waals surface area contributed by atoms with Crippen LogP contribution in [-0.4, -0.2) is 28.1 Å². The number of carbonyl (C=O) groups is 4. The highest BCUT2D eigenvalue weighted by Gasteiger charge is 2.53. The zero-order chi connectivity index (χ0) is 27.3. The third kappa shape index (κ3) is 3.85. The summed E-state index contributed by atoms with van der Waals surface area (Å²) in [6.07, 6.45) is 0. The van der Waals surface area contributed by atoms with Crippen molar-refractivity contribution in [2.75, 3.05) is 0 Å². The molecule has 0 aromatic heterocycles. The first-order valence-corrected chi connectivity index (χ1v) is 12.2. The normalized spacial score (nSPS) is 15.1. The Morgan fingerprint density at radius 1 is 0.590 bits per heavy atom. The van der Waals surface area contributed by atoms with Crippen LogP contribution in [0.4, 0.5) is 5.69 Å². The van der Waals surface area contributed by atoms with Crippen LogP contribution in [0.1, 0.15) is 52.9 Å². The van der Waals surface area contributed by atoms with Gasteiger partial charge < -0.3 is 4.74 Å². The molecule has 8 heteroatoms. The minimum atomic E-state index is -1.25. The van der Waals surface area contributed by atoms with Gasteiger partial charge in [-0.2, -0.15) is 0 Å². The van der Waals surface area contributed by atoms with Gasteiger partial charge in [-0.1, -0.05) is 72.8 Å². The Balaban J connectivity index is 1.42. The van der Waals surface area contributed by atoms with E-state index in [1.807, 2.05) is 0 Å². The lowest BCUT2D eigenvalue weighted by Gasteiger charge is -2.26. The highest BCUT2D eigenvalue weighted by atomic mass is 16.6. The monoisotopic (exact) mass is 517 g/mol. The van der Waals surface area contributed by atoms with Crippen molar-refractivity contribution in [3.63, 3.8) is 0 Å². The van der Waals surface area contributed by atoms with Crippen molar-refractivity contribution < 1.29 is 28.8 Å². The maximum atomic E-state index is 13.5. The van der Waals surface area contributed by atoms with Crippen molar-refractivity contribution in [3.05, 3.63) is 135 Å². The van der Waals surface area contributed by atoms with E-state index in [0.717, 1.165) is 0 Å². The number of carbonyl (C=O) groups excluding carboxylic acids is 4. The second-order valence-electron chi connectivity index (χ2n) is 9.43. The summed E-state index contributed by atoms with van der Waals surface area (Å²) in [6, 6.07) is 25.1. The summed E-state index contributed by atoms with van der Waals surface area (Å²) < 4.78 is 5.73. The molecule has 39 heavy (non-hydrogen) atoms. The quantitative estimate of drug-likeness (QED) is 0.178. The van der Waals surface area contributed by atoms with E-state index in [4.69, 9.17) is 4.74 Å². The largest absolute Gasteiger partial charge is 0.450 e. The molecule has 6 rings (SSSR count). The Morgan fingerprint density at radius 2 is 1.00 bits per heavy atom. The van der Waals surface area contributed by atoms with Crippen LogP contribution >= 0.6 is 0 Å². The topological polar surface area (TPSA) is 121 Å². The van der Waals surface area contributed by atoms with Gasteiger partial charge in [0.2, 0.25) is 5.75 Å². The number of hydrogen-bond acceptors (Lipinski definition) is 7. The van der Waals surface area contributed by atoms with Gasteiger partial charge in [0.25, 0.3) is 0 Å². The number of ketones is 4. The number of rotatable bonds is 6. The van der Waals surface area contributed by atoms with Gasteiger partial charge in [-0.05, 0) is 23.8 Å². The van der Waals surface area contributed by atoms with Gasteiger partial charge >= 0.3 is 5.69 Å². The number of fused-ring (bicyclic) bond motifs is 2. The Labute approximate surface area is 222 Å². The number of Topliss-reactive ketones (excluding diaryl/α,β-unsaturated/α-hetero) is 4. The van der Waals surface area contributed by atoms with Crippen LogP contribution in [0.3, 0.4) is 0 Å². The van der Waals surface area contributed by atoms with E-state index in [-0.39, 0.29) is 39.4 Å². The van der Waals surface area contributed by atoms with E-state index in [9.17, 15) is 29.3 Å². The average Bonchev–Trinajstić information content (AvgIpc) is 3.35. The molecular weight excluding hydrogens is 498 g/mol. The third-order valence-electron chi connectivity index (χ3n) is 7.32. The van der Waals surface area contributed by atoms with Crippen LogP contribution in [0.15, 0.2) is 97.1 Å². The van der Waals surface area contributed by atoms with Crippen LogP contribution in [0.25, 0.3) is 0 Å². The predicted molar refractivity (Wildman–Crippen MR) is 140 cm³/mol. The number of hydrogen-bond donors (Lipinski definition) is 0. The first-order chi connectivity index (χ1) is 18.9.